The van der Waals surface area contributed by atoms with Gasteiger partial charge in [0.05, 0.1) is 24.5 Å². The second kappa shape index (κ2) is 14.9. The second-order valence-corrected chi connectivity index (χ2v) is 3.93. The van der Waals surface area contributed by atoms with Crippen molar-refractivity contribution in [1.29, 1.82) is 0 Å². The molecule has 0 spiro atoms. The third-order valence-electron chi connectivity index (χ3n) is 2.15. The molecule has 0 rings (SSSR count). The van der Waals surface area contributed by atoms with Gasteiger partial charge in [0.15, 0.2) is 0 Å². The van der Waals surface area contributed by atoms with Crippen molar-refractivity contribution < 1.29 is 69.2 Å². The molecule has 0 aromatic carbocycles. The number of carbonyl (C=O) groups is 4. The SMILES string of the molecule is O=C([O-])CN(CCN(CC(=O)[O-])CC(=O)O)CC(=O)[O-].[Ba+2].[Na+]. The Morgan fingerprint density at radius 3 is 1.23 bits per heavy atom. The largest absolute Gasteiger partial charge is 2.00 e. The third kappa shape index (κ3) is 16.7. The van der Waals surface area contributed by atoms with Crippen molar-refractivity contribution in [3.63, 3.8) is 0 Å². The maximum Gasteiger partial charge on any atom is 2.00 e. The van der Waals surface area contributed by atoms with Gasteiger partial charge in [-0.3, -0.25) is 14.6 Å². The number of aliphatic carboxylic acids is 4. The topological polar surface area (TPSA) is 164 Å². The molecule has 0 fully saturated rings. The number of carboxylic acid groups (broad SMARTS) is 4. The summed E-state index contributed by atoms with van der Waals surface area (Å²) in [6.07, 6.45) is 0. The first-order valence-corrected chi connectivity index (χ1v) is 5.46. The molecule has 0 aliphatic heterocycles. The van der Waals surface area contributed by atoms with Gasteiger partial charge in [-0.05, 0) is 0 Å². The van der Waals surface area contributed by atoms with Gasteiger partial charge >= 0.3 is 84.4 Å². The third-order valence-corrected chi connectivity index (χ3v) is 2.15. The zero-order valence-corrected chi connectivity index (χ0v) is 18.6. The predicted molar refractivity (Wildman–Crippen MR) is 61.3 cm³/mol. The van der Waals surface area contributed by atoms with Crippen LogP contribution in [0.5, 0.6) is 0 Å². The maximum atomic E-state index is 10.5. The molecule has 0 saturated carbocycles. The van der Waals surface area contributed by atoms with Gasteiger partial charge in [-0.1, -0.05) is 0 Å². The van der Waals surface area contributed by atoms with E-state index < -0.39 is 50.1 Å². The molecule has 0 aromatic heterocycles. The molecule has 0 atom stereocenters. The van der Waals surface area contributed by atoms with Gasteiger partial charge in [-0.15, -0.1) is 0 Å². The molecule has 114 valence electrons. The molecule has 22 heavy (non-hydrogen) atoms. The van der Waals surface area contributed by atoms with Crippen molar-refractivity contribution in [2.24, 2.45) is 0 Å². The van der Waals surface area contributed by atoms with Gasteiger partial charge in [-0.2, -0.15) is 0 Å². The number of carboxylic acids is 4. The van der Waals surface area contributed by atoms with Crippen LogP contribution in [0.25, 0.3) is 0 Å². The van der Waals surface area contributed by atoms with Gasteiger partial charge in [-0.25, -0.2) is 0 Å². The Balaban J connectivity index is -0.00000180. The molecular weight excluding hydrogens is 436 g/mol. The van der Waals surface area contributed by atoms with Crippen LogP contribution in [-0.4, -0.2) is 127 Å². The molecule has 0 bridgehead atoms. The fraction of sp³-hybridized carbons (Fsp3) is 0.600. The van der Waals surface area contributed by atoms with Gasteiger partial charge < -0.3 is 34.8 Å². The Labute approximate surface area is 188 Å². The van der Waals surface area contributed by atoms with Crippen LogP contribution >= 0.6 is 0 Å². The molecule has 0 aliphatic carbocycles. The van der Waals surface area contributed by atoms with Crippen LogP contribution < -0.4 is 44.9 Å². The summed E-state index contributed by atoms with van der Waals surface area (Å²) in [5.74, 6) is -5.82. The predicted octanol–water partition coefficient (Wildman–Crippen LogP) is -9.45. The molecule has 0 saturated heterocycles. The summed E-state index contributed by atoms with van der Waals surface area (Å²) < 4.78 is 0. The summed E-state index contributed by atoms with van der Waals surface area (Å²) in [5, 5.41) is 39.8. The smallest absolute Gasteiger partial charge is 0.549 e. The van der Waals surface area contributed by atoms with E-state index in [0.29, 0.717) is 0 Å². The van der Waals surface area contributed by atoms with Crippen LogP contribution in [0.2, 0.25) is 0 Å². The summed E-state index contributed by atoms with van der Waals surface area (Å²) in [6, 6.07) is 0. The minimum absolute atomic E-state index is 0. The number of nitrogens with zero attached hydrogens (tertiary/aromatic N) is 2. The number of hydrogen-bond donors (Lipinski definition) is 1. The molecule has 1 N–H and O–H groups in total. The van der Waals surface area contributed by atoms with Crippen LogP contribution in [0.3, 0.4) is 0 Å². The van der Waals surface area contributed by atoms with E-state index in [4.69, 9.17) is 5.11 Å². The van der Waals surface area contributed by atoms with E-state index in [1.807, 2.05) is 0 Å². The number of rotatable bonds is 11. The standard InChI is InChI=1S/C10H16N2O8.Ba.Na/c13-7(14)3-11(4-8(15)16)1-2-12(5-9(17)18)6-10(19)20;;/h1-6H2,(H,13,14)(H,15,16)(H,17,18)(H,19,20);;/q;+2;+1/p-3. The fourth-order valence-electron chi connectivity index (χ4n) is 1.45. The van der Waals surface area contributed by atoms with Crippen LogP contribution in [0.15, 0.2) is 0 Å². The van der Waals surface area contributed by atoms with Crippen molar-refractivity contribution in [3.8, 4) is 0 Å². The Morgan fingerprint density at radius 2 is 1.00 bits per heavy atom. The molecule has 10 nitrogen and oxygen atoms in total. The minimum atomic E-state index is -1.52. The van der Waals surface area contributed by atoms with E-state index in [1.165, 1.54) is 0 Å². The zero-order chi connectivity index (χ0) is 15.7. The Kier molecular flexibility index (Phi) is 18.5. The van der Waals surface area contributed by atoms with Crippen LogP contribution in [0.4, 0.5) is 0 Å². The summed E-state index contributed by atoms with van der Waals surface area (Å²) in [6.45, 7) is -3.00. The van der Waals surface area contributed by atoms with Crippen LogP contribution in [0.1, 0.15) is 0 Å². The number of carbonyl (C=O) groups excluding carboxylic acids is 3. The first kappa shape index (κ1) is 27.2. The minimum Gasteiger partial charge on any atom is -0.549 e. The van der Waals surface area contributed by atoms with Crippen LogP contribution in [0, 0.1) is 0 Å². The number of hydrogen-bond acceptors (Lipinski definition) is 9. The normalized spacial score (nSPS) is 9.73. The van der Waals surface area contributed by atoms with E-state index in [2.05, 4.69) is 0 Å². The van der Waals surface area contributed by atoms with E-state index in [0.717, 1.165) is 9.80 Å². The second-order valence-electron chi connectivity index (χ2n) is 3.93. The molecule has 0 aromatic rings. The van der Waals surface area contributed by atoms with Gasteiger partial charge in [0.2, 0.25) is 0 Å². The zero-order valence-electron chi connectivity index (χ0n) is 12.1. The monoisotopic (exact) mass is 450 g/mol. The summed E-state index contributed by atoms with van der Waals surface area (Å²) >= 11 is 0. The van der Waals surface area contributed by atoms with Crippen molar-refractivity contribution in [2.45, 2.75) is 0 Å². The van der Waals surface area contributed by atoms with Gasteiger partial charge in [0.25, 0.3) is 0 Å². The van der Waals surface area contributed by atoms with E-state index in [9.17, 15) is 34.5 Å². The maximum absolute atomic E-state index is 10.5. The molecule has 0 heterocycles. The molecule has 12 heteroatoms. The van der Waals surface area contributed by atoms with E-state index in [1.54, 1.807) is 0 Å². The first-order chi connectivity index (χ1) is 9.20. The Bertz CT molecular complexity index is 327. The Hall–Kier alpha value is 0.371. The Morgan fingerprint density at radius 1 is 0.727 bits per heavy atom. The van der Waals surface area contributed by atoms with Gasteiger partial charge in [0.1, 0.15) is 0 Å². The summed E-state index contributed by atoms with van der Waals surface area (Å²) in [7, 11) is 0. The van der Waals surface area contributed by atoms with Crippen molar-refractivity contribution in [1.82, 2.24) is 9.80 Å². The first-order valence-electron chi connectivity index (χ1n) is 5.46. The van der Waals surface area contributed by atoms with Gasteiger partial charge in [0, 0.05) is 32.7 Å². The summed E-state index contributed by atoms with van der Waals surface area (Å²) in [4.78, 5) is 43.7. The quantitative estimate of drug-likeness (QED) is 0.299. The molecule has 0 radical (unpaired) electrons. The average molecular weight is 450 g/mol. The van der Waals surface area contributed by atoms with Crippen molar-refractivity contribution >= 4 is 72.8 Å². The van der Waals surface area contributed by atoms with Crippen molar-refractivity contribution in [2.75, 3.05) is 39.3 Å². The molecule has 0 unspecified atom stereocenters. The molecular formula is C10H13BaN2NaO8. The molecule has 0 aliphatic rings. The molecule has 0 amide bonds. The van der Waals surface area contributed by atoms with E-state index in [-0.39, 0.29) is 91.5 Å². The van der Waals surface area contributed by atoms with Crippen molar-refractivity contribution in [3.05, 3.63) is 0 Å². The average Bonchev–Trinajstić information content (AvgIpc) is 2.22. The van der Waals surface area contributed by atoms with E-state index >= 15 is 0 Å². The summed E-state index contributed by atoms with van der Waals surface area (Å²) in [5.41, 5.74) is 0. The fourth-order valence-corrected chi connectivity index (χ4v) is 1.45. The van der Waals surface area contributed by atoms with Crippen LogP contribution in [-0.2, 0) is 19.2 Å².